The molecule has 1 rings (SSSR count). The van der Waals surface area contributed by atoms with E-state index in [1.54, 1.807) is 14.2 Å². The molecule has 1 saturated carbocycles. The van der Waals surface area contributed by atoms with Crippen molar-refractivity contribution in [3.8, 4) is 0 Å². The molecule has 0 aromatic rings. The minimum absolute atomic E-state index is 0.234. The van der Waals surface area contributed by atoms with Gasteiger partial charge in [-0.15, -0.1) is 0 Å². The molecule has 3 nitrogen and oxygen atoms in total. The van der Waals surface area contributed by atoms with Gasteiger partial charge in [0, 0.05) is 20.8 Å². The maximum absolute atomic E-state index is 10.4. The number of ether oxygens (including phenoxy) is 2. The van der Waals surface area contributed by atoms with Gasteiger partial charge in [-0.2, -0.15) is 0 Å². The summed E-state index contributed by atoms with van der Waals surface area (Å²) in [7, 11) is 3.43. The van der Waals surface area contributed by atoms with Crippen molar-refractivity contribution in [3.05, 3.63) is 0 Å². The molecule has 1 N–H and O–H groups in total. The Kier molecular flexibility index (Phi) is 5.73. The third-order valence-electron chi connectivity index (χ3n) is 3.96. The maximum Gasteiger partial charge on any atom is 0.0939 e. The number of aliphatic hydroxyl groups is 1. The molecule has 0 aromatic carbocycles. The molecule has 1 aliphatic carbocycles. The van der Waals surface area contributed by atoms with Gasteiger partial charge in [-0.3, -0.25) is 0 Å². The van der Waals surface area contributed by atoms with E-state index in [1.807, 2.05) is 0 Å². The minimum Gasteiger partial charge on any atom is -0.390 e. The summed E-state index contributed by atoms with van der Waals surface area (Å²) in [5, 5.41) is 10.4. The first-order valence-electron chi connectivity index (χ1n) is 6.38. The van der Waals surface area contributed by atoms with Crippen molar-refractivity contribution >= 4 is 0 Å². The lowest BCUT2D eigenvalue weighted by atomic mass is 9.76. The van der Waals surface area contributed by atoms with Crippen LogP contribution in [-0.2, 0) is 9.47 Å². The van der Waals surface area contributed by atoms with Crippen LogP contribution in [0.25, 0.3) is 0 Å². The zero-order valence-electron chi connectivity index (χ0n) is 10.9. The molecule has 0 spiro atoms. The van der Waals surface area contributed by atoms with Crippen molar-refractivity contribution in [2.24, 2.45) is 5.92 Å². The molecule has 0 heterocycles. The van der Waals surface area contributed by atoms with Gasteiger partial charge in [0.2, 0.25) is 0 Å². The fraction of sp³-hybridized carbons (Fsp3) is 1.00. The van der Waals surface area contributed by atoms with Crippen molar-refractivity contribution in [2.75, 3.05) is 20.8 Å². The Morgan fingerprint density at radius 3 is 2.31 bits per heavy atom. The van der Waals surface area contributed by atoms with E-state index in [9.17, 15) is 5.11 Å². The van der Waals surface area contributed by atoms with Crippen LogP contribution in [-0.4, -0.2) is 37.6 Å². The average Bonchev–Trinajstić information content (AvgIpc) is 2.35. The number of methoxy groups -OCH3 is 2. The molecule has 0 saturated heterocycles. The second-order valence-corrected chi connectivity index (χ2v) is 5.03. The number of aliphatic hydroxyl groups excluding tert-OH is 1. The van der Waals surface area contributed by atoms with E-state index in [4.69, 9.17) is 9.47 Å². The Balaban J connectivity index is 2.56. The smallest absolute Gasteiger partial charge is 0.0939 e. The van der Waals surface area contributed by atoms with Gasteiger partial charge in [-0.25, -0.2) is 0 Å². The van der Waals surface area contributed by atoms with Crippen LogP contribution in [0.1, 0.15) is 45.4 Å². The van der Waals surface area contributed by atoms with Crippen LogP contribution < -0.4 is 0 Å². The third-order valence-corrected chi connectivity index (χ3v) is 3.96. The molecule has 1 fully saturated rings. The zero-order valence-corrected chi connectivity index (χ0v) is 10.9. The Morgan fingerprint density at radius 1 is 1.19 bits per heavy atom. The Bertz CT molecular complexity index is 188. The summed E-state index contributed by atoms with van der Waals surface area (Å²) >= 11 is 0. The first-order valence-corrected chi connectivity index (χ1v) is 6.38. The molecular formula is C13H26O3. The second-order valence-electron chi connectivity index (χ2n) is 5.03. The molecule has 0 aliphatic heterocycles. The van der Waals surface area contributed by atoms with Gasteiger partial charge >= 0.3 is 0 Å². The molecule has 0 radical (unpaired) electrons. The molecule has 96 valence electrons. The molecule has 0 aromatic heterocycles. The molecule has 0 bridgehead atoms. The highest BCUT2D eigenvalue weighted by Crippen LogP contribution is 2.37. The molecule has 3 heteroatoms. The van der Waals surface area contributed by atoms with E-state index >= 15 is 0 Å². The highest BCUT2D eigenvalue weighted by atomic mass is 16.5. The summed E-state index contributed by atoms with van der Waals surface area (Å²) in [4.78, 5) is 0. The quantitative estimate of drug-likeness (QED) is 0.761. The zero-order chi connectivity index (χ0) is 12.0. The largest absolute Gasteiger partial charge is 0.390 e. The summed E-state index contributed by atoms with van der Waals surface area (Å²) in [6, 6.07) is 0. The van der Waals surface area contributed by atoms with Crippen LogP contribution >= 0.6 is 0 Å². The Hall–Kier alpha value is -0.120. The van der Waals surface area contributed by atoms with Gasteiger partial charge in [0.05, 0.1) is 11.7 Å². The monoisotopic (exact) mass is 230 g/mol. The van der Waals surface area contributed by atoms with E-state index < -0.39 is 0 Å². The summed E-state index contributed by atoms with van der Waals surface area (Å²) in [6.45, 7) is 2.79. The van der Waals surface area contributed by atoms with Crippen LogP contribution in [0.5, 0.6) is 0 Å². The number of hydrogen-bond acceptors (Lipinski definition) is 3. The van der Waals surface area contributed by atoms with E-state index in [1.165, 1.54) is 19.3 Å². The van der Waals surface area contributed by atoms with Gasteiger partial charge in [0.15, 0.2) is 0 Å². The lowest BCUT2D eigenvalue weighted by molar-refractivity contribution is -0.142. The third kappa shape index (κ3) is 3.19. The molecular weight excluding hydrogens is 204 g/mol. The molecule has 1 aliphatic rings. The predicted octanol–water partition coefficient (Wildman–Crippen LogP) is 2.37. The Labute approximate surface area is 99.1 Å². The van der Waals surface area contributed by atoms with Gasteiger partial charge in [0.1, 0.15) is 0 Å². The van der Waals surface area contributed by atoms with Gasteiger partial charge in [-0.05, 0) is 25.2 Å². The molecule has 16 heavy (non-hydrogen) atoms. The van der Waals surface area contributed by atoms with Gasteiger partial charge in [-0.1, -0.05) is 26.2 Å². The molecule has 2 unspecified atom stereocenters. The van der Waals surface area contributed by atoms with Crippen LogP contribution in [0.3, 0.4) is 0 Å². The molecule has 2 atom stereocenters. The lowest BCUT2D eigenvalue weighted by Crippen LogP contribution is -2.49. The lowest BCUT2D eigenvalue weighted by Gasteiger charge is -2.42. The summed E-state index contributed by atoms with van der Waals surface area (Å²) in [5.74, 6) is 0.234. The SMILES string of the molecule is COCCC(C)C(O)C1(OC)CCCCC1. The van der Waals surface area contributed by atoms with Crippen LogP contribution in [0, 0.1) is 5.92 Å². The van der Waals surface area contributed by atoms with Gasteiger partial charge < -0.3 is 14.6 Å². The predicted molar refractivity (Wildman–Crippen MR) is 64.5 cm³/mol. The normalized spacial score (nSPS) is 24.0. The van der Waals surface area contributed by atoms with Crippen LogP contribution in [0.4, 0.5) is 0 Å². The average molecular weight is 230 g/mol. The number of rotatable bonds is 6. The van der Waals surface area contributed by atoms with E-state index in [0.717, 1.165) is 19.3 Å². The Morgan fingerprint density at radius 2 is 1.81 bits per heavy atom. The summed E-state index contributed by atoms with van der Waals surface area (Å²) in [6.07, 6.45) is 6.11. The van der Waals surface area contributed by atoms with E-state index in [-0.39, 0.29) is 17.6 Å². The minimum atomic E-state index is -0.368. The van der Waals surface area contributed by atoms with Crippen LogP contribution in [0.2, 0.25) is 0 Å². The summed E-state index contributed by atoms with van der Waals surface area (Å²) < 4.78 is 10.7. The first-order chi connectivity index (χ1) is 7.66. The fourth-order valence-corrected chi connectivity index (χ4v) is 2.75. The van der Waals surface area contributed by atoms with Crippen molar-refractivity contribution in [2.45, 2.75) is 57.2 Å². The maximum atomic E-state index is 10.4. The second kappa shape index (κ2) is 6.58. The van der Waals surface area contributed by atoms with Crippen molar-refractivity contribution in [1.29, 1.82) is 0 Å². The van der Waals surface area contributed by atoms with E-state index in [2.05, 4.69) is 6.92 Å². The molecule has 0 amide bonds. The van der Waals surface area contributed by atoms with Gasteiger partial charge in [0.25, 0.3) is 0 Å². The standard InChI is InChI=1S/C13H26O3/c1-11(7-10-15-2)12(14)13(16-3)8-5-4-6-9-13/h11-12,14H,4-10H2,1-3H3. The van der Waals surface area contributed by atoms with Crippen LogP contribution in [0.15, 0.2) is 0 Å². The van der Waals surface area contributed by atoms with Crippen molar-refractivity contribution < 1.29 is 14.6 Å². The van der Waals surface area contributed by atoms with Crippen molar-refractivity contribution in [1.82, 2.24) is 0 Å². The highest BCUT2D eigenvalue weighted by molar-refractivity contribution is 4.93. The number of hydrogen-bond donors (Lipinski definition) is 1. The first kappa shape index (κ1) is 13.9. The summed E-state index contributed by atoms with van der Waals surface area (Å²) in [5.41, 5.74) is -0.300. The topological polar surface area (TPSA) is 38.7 Å². The highest BCUT2D eigenvalue weighted by Gasteiger charge is 2.41. The fourth-order valence-electron chi connectivity index (χ4n) is 2.75. The van der Waals surface area contributed by atoms with Crippen molar-refractivity contribution in [3.63, 3.8) is 0 Å². The van der Waals surface area contributed by atoms with E-state index in [0.29, 0.717) is 6.61 Å².